The Hall–Kier alpha value is -2.00. The molecule has 0 aromatic heterocycles. The van der Waals surface area contributed by atoms with E-state index in [0.717, 1.165) is 25.1 Å². The normalized spacial score (nSPS) is 13.9. The van der Waals surface area contributed by atoms with Crippen LogP contribution in [0.4, 0.5) is 11.4 Å². The number of nitrogen functional groups attached to an aromatic ring is 1. The zero-order valence-electron chi connectivity index (χ0n) is 11.1. The number of benzene rings is 2. The molecule has 1 aliphatic heterocycles. The van der Waals surface area contributed by atoms with Crippen molar-refractivity contribution in [3.05, 3.63) is 58.6 Å². The molecule has 0 bridgehead atoms. The zero-order chi connectivity index (χ0) is 14.1. The van der Waals surface area contributed by atoms with Gasteiger partial charge >= 0.3 is 0 Å². The Labute approximate surface area is 123 Å². The highest BCUT2D eigenvalue weighted by molar-refractivity contribution is 6.33. The lowest BCUT2D eigenvalue weighted by molar-refractivity contribution is 0.767. The second-order valence-corrected chi connectivity index (χ2v) is 5.37. The number of halogens is 1. The van der Waals surface area contributed by atoms with Crippen molar-refractivity contribution in [2.24, 2.45) is 5.73 Å². The first kappa shape index (κ1) is 13.0. The van der Waals surface area contributed by atoms with Crippen LogP contribution in [0.2, 0.25) is 5.02 Å². The first-order valence-electron chi connectivity index (χ1n) is 6.66. The van der Waals surface area contributed by atoms with E-state index in [2.05, 4.69) is 29.2 Å². The van der Waals surface area contributed by atoms with Gasteiger partial charge in [-0.25, -0.2) is 0 Å². The van der Waals surface area contributed by atoms with E-state index in [-0.39, 0.29) is 5.84 Å². The zero-order valence-corrected chi connectivity index (χ0v) is 11.8. The Morgan fingerprint density at radius 2 is 1.95 bits per heavy atom. The van der Waals surface area contributed by atoms with Crippen LogP contribution < -0.4 is 10.6 Å². The van der Waals surface area contributed by atoms with Crippen LogP contribution in [0.5, 0.6) is 0 Å². The molecule has 1 heterocycles. The monoisotopic (exact) mass is 285 g/mol. The van der Waals surface area contributed by atoms with Crippen LogP contribution in [0.1, 0.15) is 17.5 Å². The third-order valence-electron chi connectivity index (χ3n) is 3.66. The summed E-state index contributed by atoms with van der Waals surface area (Å²) >= 11 is 6.38. The third-order valence-corrected chi connectivity index (χ3v) is 3.96. The molecular formula is C16H16ClN3. The van der Waals surface area contributed by atoms with Gasteiger partial charge in [0.15, 0.2) is 0 Å². The van der Waals surface area contributed by atoms with E-state index in [1.165, 1.54) is 11.3 Å². The number of nitrogens with two attached hydrogens (primary N) is 1. The molecule has 2 aromatic carbocycles. The fourth-order valence-electron chi connectivity index (χ4n) is 2.68. The molecule has 4 heteroatoms. The molecular weight excluding hydrogens is 270 g/mol. The predicted octanol–water partition coefficient (Wildman–Crippen LogP) is 3.71. The van der Waals surface area contributed by atoms with E-state index in [0.29, 0.717) is 10.6 Å². The summed E-state index contributed by atoms with van der Waals surface area (Å²) in [6, 6.07) is 14.0. The van der Waals surface area contributed by atoms with Gasteiger partial charge in [0.05, 0.1) is 10.7 Å². The van der Waals surface area contributed by atoms with Gasteiger partial charge in [-0.2, -0.15) is 0 Å². The molecule has 0 fully saturated rings. The standard InChI is InChI=1S/C16H16ClN3/c17-13-10-12(16(18)19)7-8-15(13)20-9-3-5-11-4-1-2-6-14(11)20/h1-2,4,6-8,10H,3,5,9H2,(H3,18,19). The number of para-hydroxylation sites is 1. The predicted molar refractivity (Wildman–Crippen MR) is 84.2 cm³/mol. The van der Waals surface area contributed by atoms with Crippen LogP contribution in [0.15, 0.2) is 42.5 Å². The van der Waals surface area contributed by atoms with Crippen LogP contribution in [0.25, 0.3) is 0 Å². The minimum Gasteiger partial charge on any atom is -0.384 e. The largest absolute Gasteiger partial charge is 0.384 e. The molecule has 1 aliphatic rings. The second-order valence-electron chi connectivity index (χ2n) is 4.96. The van der Waals surface area contributed by atoms with Crippen LogP contribution >= 0.6 is 11.6 Å². The van der Waals surface area contributed by atoms with Gasteiger partial charge < -0.3 is 10.6 Å². The molecule has 0 atom stereocenters. The Bertz CT molecular complexity index is 667. The lowest BCUT2D eigenvalue weighted by Gasteiger charge is -2.32. The van der Waals surface area contributed by atoms with Crippen molar-refractivity contribution in [1.82, 2.24) is 0 Å². The van der Waals surface area contributed by atoms with Crippen molar-refractivity contribution in [2.45, 2.75) is 12.8 Å². The number of rotatable bonds is 2. The summed E-state index contributed by atoms with van der Waals surface area (Å²) in [4.78, 5) is 2.24. The fraction of sp³-hybridized carbons (Fsp3) is 0.188. The first-order chi connectivity index (χ1) is 9.66. The molecule has 0 aliphatic carbocycles. The summed E-state index contributed by atoms with van der Waals surface area (Å²) < 4.78 is 0. The summed E-state index contributed by atoms with van der Waals surface area (Å²) in [5, 5.41) is 8.10. The number of nitrogens with one attached hydrogen (secondary N) is 1. The molecule has 2 aromatic rings. The number of hydrogen-bond acceptors (Lipinski definition) is 2. The Morgan fingerprint density at radius 1 is 1.15 bits per heavy atom. The number of anilines is 2. The molecule has 3 N–H and O–H groups in total. The average Bonchev–Trinajstić information content (AvgIpc) is 2.46. The van der Waals surface area contributed by atoms with E-state index in [9.17, 15) is 0 Å². The Morgan fingerprint density at radius 3 is 2.70 bits per heavy atom. The van der Waals surface area contributed by atoms with Gasteiger partial charge in [0.2, 0.25) is 0 Å². The van der Waals surface area contributed by atoms with Crippen molar-refractivity contribution in [3.63, 3.8) is 0 Å². The van der Waals surface area contributed by atoms with E-state index < -0.39 is 0 Å². The number of nitrogens with zero attached hydrogens (tertiary/aromatic N) is 1. The summed E-state index contributed by atoms with van der Waals surface area (Å²) in [5.41, 5.74) is 9.70. The maximum Gasteiger partial charge on any atom is 0.122 e. The highest BCUT2D eigenvalue weighted by Crippen LogP contribution is 2.37. The van der Waals surface area contributed by atoms with Crippen molar-refractivity contribution in [1.29, 1.82) is 5.41 Å². The van der Waals surface area contributed by atoms with Crippen LogP contribution in [-0.2, 0) is 6.42 Å². The summed E-state index contributed by atoms with van der Waals surface area (Å²) in [6.45, 7) is 0.955. The maximum atomic E-state index is 7.47. The Balaban J connectivity index is 2.04. The van der Waals surface area contributed by atoms with Crippen LogP contribution in [0.3, 0.4) is 0 Å². The highest BCUT2D eigenvalue weighted by Gasteiger charge is 2.19. The average molecular weight is 286 g/mol. The van der Waals surface area contributed by atoms with Gasteiger partial charge in [-0.05, 0) is 42.7 Å². The minimum absolute atomic E-state index is 0.0393. The van der Waals surface area contributed by atoms with Crippen LogP contribution in [-0.4, -0.2) is 12.4 Å². The SMILES string of the molecule is N=C(N)c1ccc(N2CCCc3ccccc32)c(Cl)c1. The molecule has 102 valence electrons. The van der Waals surface area contributed by atoms with Crippen molar-refractivity contribution in [2.75, 3.05) is 11.4 Å². The summed E-state index contributed by atoms with van der Waals surface area (Å²) in [6.07, 6.45) is 2.22. The molecule has 0 radical (unpaired) electrons. The van der Waals surface area contributed by atoms with Gasteiger partial charge in [-0.1, -0.05) is 29.8 Å². The van der Waals surface area contributed by atoms with Gasteiger partial charge in [-0.15, -0.1) is 0 Å². The Kier molecular flexibility index (Phi) is 3.36. The molecule has 3 nitrogen and oxygen atoms in total. The topological polar surface area (TPSA) is 53.1 Å². The first-order valence-corrected chi connectivity index (χ1v) is 7.04. The lowest BCUT2D eigenvalue weighted by Crippen LogP contribution is -2.24. The second kappa shape index (κ2) is 5.17. The van der Waals surface area contributed by atoms with E-state index in [1.54, 1.807) is 6.07 Å². The molecule has 0 spiro atoms. The lowest BCUT2D eigenvalue weighted by atomic mass is 10.0. The molecule has 0 saturated heterocycles. The van der Waals surface area contributed by atoms with Crippen molar-refractivity contribution in [3.8, 4) is 0 Å². The molecule has 0 unspecified atom stereocenters. The molecule has 3 rings (SSSR count). The maximum absolute atomic E-state index is 7.47. The number of amidine groups is 1. The summed E-state index contributed by atoms with van der Waals surface area (Å²) in [5.74, 6) is 0.0393. The number of fused-ring (bicyclic) bond motifs is 1. The number of hydrogen-bond donors (Lipinski definition) is 2. The number of aryl methyl sites for hydroxylation is 1. The fourth-order valence-corrected chi connectivity index (χ4v) is 2.96. The quantitative estimate of drug-likeness (QED) is 0.653. The van der Waals surface area contributed by atoms with Gasteiger partial charge in [0.1, 0.15) is 5.84 Å². The molecule has 0 amide bonds. The smallest absolute Gasteiger partial charge is 0.122 e. The van der Waals surface area contributed by atoms with Gasteiger partial charge in [0.25, 0.3) is 0 Å². The van der Waals surface area contributed by atoms with E-state index in [1.807, 2.05) is 12.1 Å². The van der Waals surface area contributed by atoms with E-state index in [4.69, 9.17) is 22.7 Å². The van der Waals surface area contributed by atoms with Gasteiger partial charge in [-0.3, -0.25) is 5.41 Å². The van der Waals surface area contributed by atoms with Crippen molar-refractivity contribution < 1.29 is 0 Å². The van der Waals surface area contributed by atoms with Gasteiger partial charge in [0, 0.05) is 17.8 Å². The molecule has 0 saturated carbocycles. The molecule has 20 heavy (non-hydrogen) atoms. The van der Waals surface area contributed by atoms with Crippen molar-refractivity contribution >= 4 is 28.8 Å². The minimum atomic E-state index is 0.0393. The third kappa shape index (κ3) is 2.25. The highest BCUT2D eigenvalue weighted by atomic mass is 35.5. The van der Waals surface area contributed by atoms with Crippen LogP contribution in [0, 0.1) is 5.41 Å². The van der Waals surface area contributed by atoms with E-state index >= 15 is 0 Å². The summed E-state index contributed by atoms with van der Waals surface area (Å²) in [7, 11) is 0.